The number of carbonyl (C=O) groups excluding carboxylic acids is 1. The number of nitro benzene ring substituents is 1. The first-order valence-electron chi connectivity index (χ1n) is 6.70. The van der Waals surface area contributed by atoms with Gasteiger partial charge in [-0.1, -0.05) is 12.1 Å². The van der Waals surface area contributed by atoms with Crippen LogP contribution in [-0.4, -0.2) is 28.3 Å². The molecule has 2 atom stereocenters. The number of esters is 1. The molecule has 22 heavy (non-hydrogen) atoms. The van der Waals surface area contributed by atoms with Gasteiger partial charge in [-0.25, -0.2) is 4.99 Å². The van der Waals surface area contributed by atoms with Gasteiger partial charge in [0.2, 0.25) is 0 Å². The summed E-state index contributed by atoms with van der Waals surface area (Å²) < 4.78 is 5.08. The van der Waals surface area contributed by atoms with E-state index in [1.54, 1.807) is 26.0 Å². The van der Waals surface area contributed by atoms with Gasteiger partial charge in [-0.3, -0.25) is 14.9 Å². The molecule has 0 saturated heterocycles. The lowest BCUT2D eigenvalue weighted by Crippen LogP contribution is -2.44. The van der Waals surface area contributed by atoms with Crippen molar-refractivity contribution < 1.29 is 14.5 Å². The summed E-state index contributed by atoms with van der Waals surface area (Å²) in [5, 5.41) is 14.1. The Kier molecular flexibility index (Phi) is 4.81. The molecule has 1 aromatic carbocycles. The summed E-state index contributed by atoms with van der Waals surface area (Å²) in [4.78, 5) is 26.7. The summed E-state index contributed by atoms with van der Waals surface area (Å²) in [5.74, 6) is -1.11. The van der Waals surface area contributed by atoms with Crippen LogP contribution in [-0.2, 0) is 9.53 Å². The van der Waals surface area contributed by atoms with Crippen LogP contribution in [0.3, 0.4) is 0 Å². The molecule has 2 rings (SSSR count). The molecule has 1 aliphatic heterocycles. The fourth-order valence-corrected chi connectivity index (χ4v) is 2.64. The third kappa shape index (κ3) is 3.28. The average molecular weight is 321 g/mol. The quantitative estimate of drug-likeness (QED) is 0.395. The number of carbonyl (C=O) groups is 1. The number of nitro groups is 1. The average Bonchev–Trinajstić information content (AvgIpc) is 2.46. The first kappa shape index (κ1) is 16.0. The molecule has 0 fully saturated rings. The number of hydrogen-bond acceptors (Lipinski definition) is 5. The van der Waals surface area contributed by atoms with Crippen LogP contribution in [0.5, 0.6) is 0 Å². The number of rotatable bonds is 4. The maximum Gasteiger partial charge on any atom is 0.317 e. The Bertz CT molecular complexity index is 659. The molecule has 0 radical (unpaired) electrons. The highest BCUT2D eigenvalue weighted by atomic mass is 32.1. The van der Waals surface area contributed by atoms with Crippen molar-refractivity contribution in [3.05, 3.63) is 39.9 Å². The lowest BCUT2D eigenvalue weighted by Gasteiger charge is -2.30. The molecule has 0 aliphatic carbocycles. The van der Waals surface area contributed by atoms with Crippen molar-refractivity contribution >= 4 is 34.7 Å². The number of ether oxygens (including phenoxy) is 1. The maximum atomic E-state index is 12.2. The lowest BCUT2D eigenvalue weighted by atomic mass is 9.88. The molecule has 1 heterocycles. The molecule has 1 aliphatic rings. The molecule has 0 amide bonds. The fraction of sp³-hybridized carbons (Fsp3) is 0.357. The second-order valence-electron chi connectivity index (χ2n) is 4.76. The van der Waals surface area contributed by atoms with Gasteiger partial charge in [0.1, 0.15) is 5.92 Å². The summed E-state index contributed by atoms with van der Waals surface area (Å²) in [5.41, 5.74) is 1.07. The Morgan fingerprint density at radius 3 is 2.91 bits per heavy atom. The van der Waals surface area contributed by atoms with Gasteiger partial charge in [0.15, 0.2) is 5.11 Å². The van der Waals surface area contributed by atoms with Crippen molar-refractivity contribution in [2.75, 3.05) is 6.61 Å². The summed E-state index contributed by atoms with van der Waals surface area (Å²) in [6.45, 7) is 3.65. The van der Waals surface area contributed by atoms with E-state index in [0.29, 0.717) is 11.3 Å². The molecule has 2 unspecified atom stereocenters. The lowest BCUT2D eigenvalue weighted by molar-refractivity contribution is -0.384. The van der Waals surface area contributed by atoms with E-state index >= 15 is 0 Å². The fourth-order valence-electron chi connectivity index (χ4n) is 2.37. The Hall–Kier alpha value is -2.35. The normalized spacial score (nSPS) is 20.8. The molecule has 1 N–H and O–H groups in total. The van der Waals surface area contributed by atoms with Crippen molar-refractivity contribution in [3.8, 4) is 0 Å². The highest BCUT2D eigenvalue weighted by molar-refractivity contribution is 7.80. The van der Waals surface area contributed by atoms with Gasteiger partial charge in [-0.2, -0.15) is 0 Å². The number of benzene rings is 1. The van der Waals surface area contributed by atoms with Crippen LogP contribution in [0.1, 0.15) is 25.5 Å². The topological polar surface area (TPSA) is 93.8 Å². The second-order valence-corrected chi connectivity index (χ2v) is 5.15. The van der Waals surface area contributed by atoms with E-state index in [-0.39, 0.29) is 17.4 Å². The Balaban J connectivity index is 2.43. The van der Waals surface area contributed by atoms with E-state index in [0.717, 1.165) is 0 Å². The third-order valence-corrected chi connectivity index (χ3v) is 3.53. The minimum absolute atomic E-state index is 0.0482. The van der Waals surface area contributed by atoms with Crippen LogP contribution >= 0.6 is 12.2 Å². The molecule has 0 bridgehead atoms. The third-order valence-electron chi connectivity index (χ3n) is 3.32. The van der Waals surface area contributed by atoms with Gasteiger partial charge in [0, 0.05) is 17.8 Å². The van der Waals surface area contributed by atoms with E-state index in [1.807, 2.05) is 0 Å². The first-order valence-corrected chi connectivity index (χ1v) is 7.11. The van der Waals surface area contributed by atoms with Crippen LogP contribution in [0.25, 0.3) is 0 Å². The monoisotopic (exact) mass is 321 g/mol. The minimum Gasteiger partial charge on any atom is -0.465 e. The van der Waals surface area contributed by atoms with Gasteiger partial charge in [-0.15, -0.1) is 0 Å². The summed E-state index contributed by atoms with van der Waals surface area (Å²) in [7, 11) is 0. The second kappa shape index (κ2) is 6.61. The number of non-ortho nitro benzene ring substituents is 1. The van der Waals surface area contributed by atoms with Crippen LogP contribution in [0.2, 0.25) is 0 Å². The molecule has 0 saturated carbocycles. The predicted octanol–water partition coefficient (Wildman–Crippen LogP) is 2.16. The molecule has 0 aromatic heterocycles. The van der Waals surface area contributed by atoms with Crippen LogP contribution in [0.4, 0.5) is 5.69 Å². The first-order chi connectivity index (χ1) is 10.4. The van der Waals surface area contributed by atoms with Gasteiger partial charge < -0.3 is 10.1 Å². The van der Waals surface area contributed by atoms with Crippen LogP contribution < -0.4 is 5.32 Å². The number of hydrogen-bond donors (Lipinski definition) is 1. The Labute approximate surface area is 132 Å². The number of thiocarbonyl (C=S) groups is 1. The van der Waals surface area contributed by atoms with Crippen LogP contribution in [0, 0.1) is 16.0 Å². The van der Waals surface area contributed by atoms with E-state index in [1.165, 1.54) is 12.1 Å². The molecule has 116 valence electrons. The maximum absolute atomic E-state index is 12.2. The van der Waals surface area contributed by atoms with E-state index in [9.17, 15) is 14.9 Å². The minimum atomic E-state index is -0.673. The summed E-state index contributed by atoms with van der Waals surface area (Å²) in [6, 6.07) is 5.55. The van der Waals surface area contributed by atoms with Crippen LogP contribution in [0.15, 0.2) is 29.3 Å². The van der Waals surface area contributed by atoms with Crippen molar-refractivity contribution in [2.45, 2.75) is 19.9 Å². The van der Waals surface area contributed by atoms with Crippen molar-refractivity contribution in [2.24, 2.45) is 10.9 Å². The zero-order chi connectivity index (χ0) is 16.3. The standard InChI is InChI=1S/C14H15N3O4S/c1-3-21-13(18)11-8(2)15-14(22)16-12(11)9-5-4-6-10(7-9)17(19)20/h4-7,11-12H,3H2,1-2H3,(H,16,22). The van der Waals surface area contributed by atoms with E-state index < -0.39 is 22.9 Å². The highest BCUT2D eigenvalue weighted by Gasteiger charge is 2.37. The zero-order valence-electron chi connectivity index (χ0n) is 12.1. The molecular formula is C14H15N3O4S. The van der Waals surface area contributed by atoms with Crippen molar-refractivity contribution in [3.63, 3.8) is 0 Å². The smallest absolute Gasteiger partial charge is 0.317 e. The molecule has 7 nitrogen and oxygen atoms in total. The largest absolute Gasteiger partial charge is 0.465 e. The Morgan fingerprint density at radius 2 is 2.27 bits per heavy atom. The van der Waals surface area contributed by atoms with Gasteiger partial charge >= 0.3 is 5.97 Å². The zero-order valence-corrected chi connectivity index (χ0v) is 12.9. The molecule has 1 aromatic rings. The van der Waals surface area contributed by atoms with Crippen molar-refractivity contribution in [1.29, 1.82) is 0 Å². The number of nitrogens with one attached hydrogen (secondary N) is 1. The SMILES string of the molecule is CCOC(=O)C1C(C)=NC(=S)NC1c1cccc([N+](=O)[O-])c1. The van der Waals surface area contributed by atoms with Gasteiger partial charge in [0.05, 0.1) is 17.6 Å². The van der Waals surface area contributed by atoms with Gasteiger partial charge in [-0.05, 0) is 31.6 Å². The summed E-state index contributed by atoms with van der Waals surface area (Å²) in [6.07, 6.45) is 0. The van der Waals surface area contributed by atoms with Gasteiger partial charge in [0.25, 0.3) is 5.69 Å². The molecule has 8 heteroatoms. The Morgan fingerprint density at radius 1 is 1.55 bits per heavy atom. The van der Waals surface area contributed by atoms with E-state index in [2.05, 4.69) is 10.3 Å². The summed E-state index contributed by atoms with van der Waals surface area (Å²) >= 11 is 5.06. The molecule has 0 spiro atoms. The van der Waals surface area contributed by atoms with Crippen molar-refractivity contribution in [1.82, 2.24) is 5.32 Å². The predicted molar refractivity (Wildman–Crippen MR) is 84.8 cm³/mol. The molecular weight excluding hydrogens is 306 g/mol. The number of aliphatic imine (C=N–C) groups is 1. The highest BCUT2D eigenvalue weighted by Crippen LogP contribution is 2.30. The number of nitrogens with zero attached hydrogens (tertiary/aromatic N) is 2. The van der Waals surface area contributed by atoms with E-state index in [4.69, 9.17) is 17.0 Å².